The van der Waals surface area contributed by atoms with Crippen molar-refractivity contribution in [2.75, 3.05) is 25.1 Å². The predicted octanol–water partition coefficient (Wildman–Crippen LogP) is 3.74. The van der Waals surface area contributed by atoms with Crippen molar-refractivity contribution in [2.45, 2.75) is 24.9 Å². The second-order valence-corrected chi connectivity index (χ2v) is 7.29. The van der Waals surface area contributed by atoms with E-state index in [9.17, 15) is 9.18 Å². The molecular weight excluding hydrogens is 351 g/mol. The molecule has 0 spiro atoms. The lowest BCUT2D eigenvalue weighted by Crippen LogP contribution is -2.46. The van der Waals surface area contributed by atoms with E-state index in [4.69, 9.17) is 4.74 Å². The summed E-state index contributed by atoms with van der Waals surface area (Å²) in [4.78, 5) is 18.9. The number of halogens is 1. The average molecular weight is 374 g/mol. The molecule has 0 saturated carbocycles. The molecule has 1 aliphatic heterocycles. The smallest absolute Gasteiger partial charge is 0.250 e. The predicted molar refractivity (Wildman–Crippen MR) is 102 cm³/mol. The number of thioether (sulfide) groups is 1. The maximum absolute atomic E-state index is 13.8. The summed E-state index contributed by atoms with van der Waals surface area (Å²) in [5.74, 6) is 0.215. The van der Waals surface area contributed by atoms with Crippen molar-refractivity contribution in [3.63, 3.8) is 0 Å². The molecule has 3 rings (SSSR count). The number of likely N-dealkylation sites (tertiary alicyclic amines) is 1. The highest BCUT2D eigenvalue weighted by molar-refractivity contribution is 7.98. The molecule has 2 aromatic rings. The second-order valence-electron chi connectivity index (χ2n) is 6.38. The number of hydrogen-bond donors (Lipinski definition) is 0. The summed E-state index contributed by atoms with van der Waals surface area (Å²) in [5.41, 5.74) is 1.03. The molecule has 1 aromatic carbocycles. The highest BCUT2D eigenvalue weighted by atomic mass is 32.2. The Morgan fingerprint density at radius 3 is 2.88 bits per heavy atom. The number of rotatable bonds is 6. The highest BCUT2D eigenvalue weighted by Gasteiger charge is 2.30. The SMILES string of the molecule is CSCC(C(=O)N1CCCC(Oc2ncccc2F)C1)c1ccccc1. The number of carbonyl (C=O) groups excluding carboxylic acids is 1. The molecule has 0 N–H and O–H groups in total. The first kappa shape index (κ1) is 18.7. The fraction of sp³-hybridized carbons (Fsp3) is 0.400. The summed E-state index contributed by atoms with van der Waals surface area (Å²) < 4.78 is 19.5. The minimum absolute atomic E-state index is 0.00974. The second kappa shape index (κ2) is 9.03. The molecule has 6 heteroatoms. The van der Waals surface area contributed by atoms with Gasteiger partial charge < -0.3 is 9.64 Å². The zero-order valence-corrected chi connectivity index (χ0v) is 15.6. The Kier molecular flexibility index (Phi) is 6.50. The minimum Gasteiger partial charge on any atom is -0.470 e. The maximum atomic E-state index is 13.8. The third kappa shape index (κ3) is 4.55. The molecule has 26 heavy (non-hydrogen) atoms. The van der Waals surface area contributed by atoms with E-state index in [0.29, 0.717) is 13.1 Å². The van der Waals surface area contributed by atoms with Crippen LogP contribution in [0.4, 0.5) is 4.39 Å². The summed E-state index contributed by atoms with van der Waals surface area (Å²) in [7, 11) is 0. The lowest BCUT2D eigenvalue weighted by molar-refractivity contribution is -0.135. The van der Waals surface area contributed by atoms with Gasteiger partial charge in [0.15, 0.2) is 5.82 Å². The first-order valence-electron chi connectivity index (χ1n) is 8.79. The van der Waals surface area contributed by atoms with E-state index in [1.165, 1.54) is 18.3 Å². The van der Waals surface area contributed by atoms with E-state index in [1.807, 2.05) is 41.5 Å². The van der Waals surface area contributed by atoms with E-state index in [-0.39, 0.29) is 23.8 Å². The van der Waals surface area contributed by atoms with Crippen LogP contribution in [0.3, 0.4) is 0 Å². The summed E-state index contributed by atoms with van der Waals surface area (Å²) >= 11 is 1.66. The van der Waals surface area contributed by atoms with E-state index in [2.05, 4.69) is 4.98 Å². The van der Waals surface area contributed by atoms with E-state index in [0.717, 1.165) is 24.2 Å². The Morgan fingerprint density at radius 1 is 1.35 bits per heavy atom. The van der Waals surface area contributed by atoms with Crippen LogP contribution in [0, 0.1) is 5.82 Å². The van der Waals surface area contributed by atoms with Gasteiger partial charge in [-0.05, 0) is 36.8 Å². The first-order valence-corrected chi connectivity index (χ1v) is 10.2. The topological polar surface area (TPSA) is 42.4 Å². The van der Waals surface area contributed by atoms with Crippen LogP contribution in [0.25, 0.3) is 0 Å². The van der Waals surface area contributed by atoms with Gasteiger partial charge in [0.1, 0.15) is 6.10 Å². The quantitative estimate of drug-likeness (QED) is 0.773. The van der Waals surface area contributed by atoms with E-state index >= 15 is 0 Å². The van der Waals surface area contributed by atoms with Gasteiger partial charge >= 0.3 is 0 Å². The number of carbonyl (C=O) groups is 1. The molecule has 0 bridgehead atoms. The summed E-state index contributed by atoms with van der Waals surface area (Å²) in [5, 5.41) is 0. The van der Waals surface area contributed by atoms with Gasteiger partial charge in [0.25, 0.3) is 5.88 Å². The van der Waals surface area contributed by atoms with E-state index in [1.54, 1.807) is 11.8 Å². The van der Waals surface area contributed by atoms with Crippen molar-refractivity contribution in [3.05, 3.63) is 60.0 Å². The number of hydrogen-bond acceptors (Lipinski definition) is 4. The zero-order valence-electron chi connectivity index (χ0n) is 14.8. The number of benzene rings is 1. The Hall–Kier alpha value is -2.08. The average Bonchev–Trinajstić information content (AvgIpc) is 2.68. The van der Waals surface area contributed by atoms with Gasteiger partial charge in [-0.1, -0.05) is 30.3 Å². The van der Waals surface area contributed by atoms with Crippen LogP contribution in [-0.2, 0) is 4.79 Å². The number of piperidine rings is 1. The van der Waals surface area contributed by atoms with Crippen molar-refractivity contribution in [3.8, 4) is 5.88 Å². The summed E-state index contributed by atoms with van der Waals surface area (Å²) in [6.07, 6.45) is 4.91. The Morgan fingerprint density at radius 2 is 2.15 bits per heavy atom. The van der Waals surface area contributed by atoms with Crippen molar-refractivity contribution in [1.29, 1.82) is 0 Å². The fourth-order valence-corrected chi connectivity index (χ4v) is 3.90. The number of nitrogens with zero attached hydrogens (tertiary/aromatic N) is 2. The van der Waals surface area contributed by atoms with Gasteiger partial charge in [-0.25, -0.2) is 9.37 Å². The van der Waals surface area contributed by atoms with Gasteiger partial charge in [-0.15, -0.1) is 0 Å². The lowest BCUT2D eigenvalue weighted by atomic mass is 9.98. The normalized spacial score (nSPS) is 18.4. The van der Waals surface area contributed by atoms with E-state index < -0.39 is 5.82 Å². The van der Waals surface area contributed by atoms with Crippen molar-refractivity contribution >= 4 is 17.7 Å². The van der Waals surface area contributed by atoms with Gasteiger partial charge in [0, 0.05) is 18.5 Å². The van der Waals surface area contributed by atoms with Gasteiger partial charge in [0.05, 0.1) is 12.5 Å². The molecule has 2 heterocycles. The van der Waals surface area contributed by atoms with Gasteiger partial charge in [0.2, 0.25) is 5.91 Å². The number of ether oxygens (including phenoxy) is 1. The van der Waals surface area contributed by atoms with Crippen LogP contribution in [0.2, 0.25) is 0 Å². The van der Waals surface area contributed by atoms with Crippen LogP contribution in [0.1, 0.15) is 24.3 Å². The standard InChI is InChI=1S/C20H23FN2O2S/c1-26-14-17(15-7-3-2-4-8-15)20(24)23-12-6-9-16(13-23)25-19-18(21)10-5-11-22-19/h2-5,7-8,10-11,16-17H,6,9,12-14H2,1H3. The summed E-state index contributed by atoms with van der Waals surface area (Å²) in [6.45, 7) is 1.17. The summed E-state index contributed by atoms with van der Waals surface area (Å²) in [6, 6.07) is 12.7. The molecule has 1 aliphatic rings. The number of amides is 1. The monoisotopic (exact) mass is 374 g/mol. The Labute approximate surface area is 157 Å². The molecule has 1 aromatic heterocycles. The van der Waals surface area contributed by atoms with Gasteiger partial charge in [-0.2, -0.15) is 11.8 Å². The van der Waals surface area contributed by atoms with Crippen molar-refractivity contribution in [1.82, 2.24) is 9.88 Å². The third-order valence-electron chi connectivity index (χ3n) is 4.53. The molecule has 0 aliphatic carbocycles. The molecule has 1 fully saturated rings. The van der Waals surface area contributed by atoms with Crippen LogP contribution < -0.4 is 4.74 Å². The van der Waals surface area contributed by atoms with Gasteiger partial charge in [-0.3, -0.25) is 4.79 Å². The van der Waals surface area contributed by atoms with Crippen LogP contribution in [0.5, 0.6) is 5.88 Å². The molecular formula is C20H23FN2O2S. The maximum Gasteiger partial charge on any atom is 0.250 e. The molecule has 1 saturated heterocycles. The van der Waals surface area contributed by atoms with Crippen LogP contribution in [0.15, 0.2) is 48.7 Å². The highest BCUT2D eigenvalue weighted by Crippen LogP contribution is 2.25. The molecule has 0 radical (unpaired) electrons. The minimum atomic E-state index is -0.472. The molecule has 2 atom stereocenters. The molecule has 2 unspecified atom stereocenters. The Balaban J connectivity index is 1.69. The fourth-order valence-electron chi connectivity index (χ4n) is 3.23. The zero-order chi connectivity index (χ0) is 18.4. The van der Waals surface area contributed by atoms with Crippen LogP contribution in [-0.4, -0.2) is 47.0 Å². The molecule has 1 amide bonds. The van der Waals surface area contributed by atoms with Crippen molar-refractivity contribution < 1.29 is 13.9 Å². The number of aromatic nitrogens is 1. The van der Waals surface area contributed by atoms with Crippen molar-refractivity contribution in [2.24, 2.45) is 0 Å². The Bertz CT molecular complexity index is 729. The molecule has 4 nitrogen and oxygen atoms in total. The number of pyridine rings is 1. The first-order chi connectivity index (χ1) is 12.7. The molecule has 138 valence electrons. The van der Waals surface area contributed by atoms with Crippen LogP contribution >= 0.6 is 11.8 Å². The largest absolute Gasteiger partial charge is 0.470 e. The third-order valence-corrected chi connectivity index (χ3v) is 5.19. The lowest BCUT2D eigenvalue weighted by Gasteiger charge is -2.35.